The maximum atomic E-state index is 13.6. The Labute approximate surface area is 113 Å². The molecule has 19 heavy (non-hydrogen) atoms. The number of aryl methyl sites for hydroxylation is 1. The third-order valence-electron chi connectivity index (χ3n) is 2.32. The fraction of sp³-hybridized carbons (Fsp3) is 0.250. The van der Waals surface area contributed by atoms with Gasteiger partial charge in [-0.2, -0.15) is 0 Å². The molecule has 1 amide bonds. The van der Waals surface area contributed by atoms with E-state index in [2.05, 4.69) is 20.8 Å². The van der Waals surface area contributed by atoms with Crippen LogP contribution in [0.3, 0.4) is 0 Å². The highest BCUT2D eigenvalue weighted by atomic mass is 32.1. The molecule has 1 heterocycles. The van der Waals surface area contributed by atoms with Crippen LogP contribution in [0, 0.1) is 12.7 Å². The van der Waals surface area contributed by atoms with Crippen molar-refractivity contribution in [2.24, 2.45) is 0 Å². The molecule has 7 heteroatoms. The molecule has 0 saturated heterocycles. The Balaban J connectivity index is 2.11. The molecular formula is C12H13FN4OS. The zero-order chi connectivity index (χ0) is 13.8. The number of rotatable bonds is 4. The predicted octanol–water partition coefficient (Wildman–Crippen LogP) is 2.67. The number of carbonyl (C=O) groups is 1. The van der Waals surface area contributed by atoms with Gasteiger partial charge in [0.05, 0.1) is 5.69 Å². The average Bonchev–Trinajstić information content (AvgIpc) is 2.82. The third kappa shape index (κ3) is 3.25. The van der Waals surface area contributed by atoms with Gasteiger partial charge in [-0.05, 0) is 31.5 Å². The maximum absolute atomic E-state index is 13.6. The number of hydrogen-bond acceptors (Lipinski definition) is 5. The lowest BCUT2D eigenvalue weighted by atomic mass is 10.2. The van der Waals surface area contributed by atoms with Gasteiger partial charge in [0.15, 0.2) is 0 Å². The fourth-order valence-corrected chi connectivity index (χ4v) is 2.14. The maximum Gasteiger partial charge on any atom is 0.286 e. The summed E-state index contributed by atoms with van der Waals surface area (Å²) in [6.07, 6.45) is 0. The molecule has 0 aliphatic rings. The Bertz CT molecular complexity index is 599. The minimum Gasteiger partial charge on any atom is -0.360 e. The summed E-state index contributed by atoms with van der Waals surface area (Å²) in [5.41, 5.74) is 0.927. The summed E-state index contributed by atoms with van der Waals surface area (Å²) in [5, 5.41) is 13.7. The minimum atomic E-state index is -0.468. The second kappa shape index (κ2) is 5.75. The van der Waals surface area contributed by atoms with Crippen molar-refractivity contribution in [1.82, 2.24) is 10.2 Å². The lowest BCUT2D eigenvalue weighted by Gasteiger charge is -2.04. The van der Waals surface area contributed by atoms with Crippen molar-refractivity contribution >= 4 is 28.1 Å². The average molecular weight is 280 g/mol. The van der Waals surface area contributed by atoms with Crippen molar-refractivity contribution in [3.05, 3.63) is 34.6 Å². The molecule has 0 aliphatic carbocycles. The highest BCUT2D eigenvalue weighted by Gasteiger charge is 2.14. The van der Waals surface area contributed by atoms with E-state index in [4.69, 9.17) is 0 Å². The highest BCUT2D eigenvalue weighted by molar-refractivity contribution is 7.17. The van der Waals surface area contributed by atoms with E-state index < -0.39 is 11.7 Å². The van der Waals surface area contributed by atoms with Gasteiger partial charge in [0.25, 0.3) is 5.91 Å². The van der Waals surface area contributed by atoms with Crippen LogP contribution < -0.4 is 10.6 Å². The van der Waals surface area contributed by atoms with Crippen LogP contribution in [0.5, 0.6) is 0 Å². The van der Waals surface area contributed by atoms with E-state index in [-0.39, 0.29) is 10.7 Å². The molecule has 1 aromatic heterocycles. The Morgan fingerprint density at radius 3 is 2.89 bits per heavy atom. The fourth-order valence-electron chi connectivity index (χ4n) is 1.43. The number of aromatic nitrogens is 2. The third-order valence-corrected chi connectivity index (χ3v) is 3.20. The molecule has 0 unspecified atom stereocenters. The normalized spacial score (nSPS) is 10.3. The molecule has 5 nitrogen and oxygen atoms in total. The van der Waals surface area contributed by atoms with Crippen molar-refractivity contribution < 1.29 is 9.18 Å². The Morgan fingerprint density at radius 2 is 2.21 bits per heavy atom. The monoisotopic (exact) mass is 280 g/mol. The Kier molecular flexibility index (Phi) is 4.06. The zero-order valence-corrected chi connectivity index (χ0v) is 11.3. The Morgan fingerprint density at radius 1 is 1.42 bits per heavy atom. The van der Waals surface area contributed by atoms with Crippen molar-refractivity contribution in [3.8, 4) is 0 Å². The SMILES string of the molecule is CCNc1nnc(C(=O)Nc2ccc(C)cc2F)s1. The summed E-state index contributed by atoms with van der Waals surface area (Å²) >= 11 is 1.13. The summed E-state index contributed by atoms with van der Waals surface area (Å²) in [4.78, 5) is 11.9. The van der Waals surface area contributed by atoms with Crippen LogP contribution in [0.2, 0.25) is 0 Å². The van der Waals surface area contributed by atoms with Crippen molar-refractivity contribution in [1.29, 1.82) is 0 Å². The molecule has 0 aliphatic heterocycles. The molecule has 0 saturated carbocycles. The van der Waals surface area contributed by atoms with Crippen LogP contribution in [-0.2, 0) is 0 Å². The summed E-state index contributed by atoms with van der Waals surface area (Å²) in [6, 6.07) is 4.61. The van der Waals surface area contributed by atoms with Gasteiger partial charge in [0.1, 0.15) is 5.82 Å². The number of benzene rings is 1. The van der Waals surface area contributed by atoms with E-state index in [0.717, 1.165) is 16.9 Å². The summed E-state index contributed by atoms with van der Waals surface area (Å²) < 4.78 is 13.6. The van der Waals surface area contributed by atoms with E-state index in [0.29, 0.717) is 11.7 Å². The van der Waals surface area contributed by atoms with Gasteiger partial charge >= 0.3 is 0 Å². The second-order valence-electron chi connectivity index (χ2n) is 3.88. The van der Waals surface area contributed by atoms with E-state index >= 15 is 0 Å². The Hall–Kier alpha value is -2.02. The highest BCUT2D eigenvalue weighted by Crippen LogP contribution is 2.19. The number of nitrogens with zero attached hydrogens (tertiary/aromatic N) is 2. The van der Waals surface area contributed by atoms with Crippen molar-refractivity contribution in [2.75, 3.05) is 17.2 Å². The summed E-state index contributed by atoms with van der Waals surface area (Å²) in [6.45, 7) is 4.40. The van der Waals surface area contributed by atoms with E-state index in [1.165, 1.54) is 12.1 Å². The number of carbonyl (C=O) groups excluding carboxylic acids is 1. The van der Waals surface area contributed by atoms with E-state index in [1.54, 1.807) is 13.0 Å². The lowest BCUT2D eigenvalue weighted by Crippen LogP contribution is -2.12. The van der Waals surface area contributed by atoms with Gasteiger partial charge < -0.3 is 10.6 Å². The van der Waals surface area contributed by atoms with Gasteiger partial charge in [-0.25, -0.2) is 4.39 Å². The molecule has 0 bridgehead atoms. The largest absolute Gasteiger partial charge is 0.360 e. The number of nitrogens with one attached hydrogen (secondary N) is 2. The van der Waals surface area contributed by atoms with Crippen molar-refractivity contribution in [2.45, 2.75) is 13.8 Å². The molecule has 0 atom stereocenters. The number of amides is 1. The first-order chi connectivity index (χ1) is 9.10. The van der Waals surface area contributed by atoms with Gasteiger partial charge in [0.2, 0.25) is 10.1 Å². The van der Waals surface area contributed by atoms with Crippen LogP contribution >= 0.6 is 11.3 Å². The molecule has 2 aromatic rings. The molecule has 2 N–H and O–H groups in total. The standard InChI is InChI=1S/C12H13FN4OS/c1-3-14-12-17-16-11(19-12)10(18)15-9-5-4-7(2)6-8(9)13/h4-6H,3H2,1-2H3,(H,14,17)(H,15,18). The topological polar surface area (TPSA) is 66.9 Å². The smallest absolute Gasteiger partial charge is 0.286 e. The summed E-state index contributed by atoms with van der Waals surface area (Å²) in [5.74, 6) is -0.936. The summed E-state index contributed by atoms with van der Waals surface area (Å²) in [7, 11) is 0. The molecular weight excluding hydrogens is 267 g/mol. The van der Waals surface area contributed by atoms with Crippen LogP contribution in [0.15, 0.2) is 18.2 Å². The quantitative estimate of drug-likeness (QED) is 0.903. The molecule has 1 aromatic carbocycles. The lowest BCUT2D eigenvalue weighted by molar-refractivity contribution is 0.102. The van der Waals surface area contributed by atoms with Crippen molar-refractivity contribution in [3.63, 3.8) is 0 Å². The first kappa shape index (κ1) is 13.4. The predicted molar refractivity (Wildman–Crippen MR) is 73.2 cm³/mol. The second-order valence-corrected chi connectivity index (χ2v) is 4.86. The number of hydrogen-bond donors (Lipinski definition) is 2. The van der Waals surface area contributed by atoms with Gasteiger partial charge in [-0.15, -0.1) is 10.2 Å². The van der Waals surface area contributed by atoms with Gasteiger partial charge in [-0.1, -0.05) is 17.4 Å². The molecule has 0 fully saturated rings. The van der Waals surface area contributed by atoms with E-state index in [9.17, 15) is 9.18 Å². The van der Waals surface area contributed by atoms with Gasteiger partial charge in [-0.3, -0.25) is 4.79 Å². The van der Waals surface area contributed by atoms with Crippen LogP contribution in [0.25, 0.3) is 0 Å². The zero-order valence-electron chi connectivity index (χ0n) is 10.5. The van der Waals surface area contributed by atoms with Crippen LogP contribution in [-0.4, -0.2) is 22.6 Å². The minimum absolute atomic E-state index is 0.135. The van der Waals surface area contributed by atoms with E-state index in [1.807, 2.05) is 6.92 Å². The molecule has 0 spiro atoms. The molecule has 2 rings (SSSR count). The van der Waals surface area contributed by atoms with Crippen LogP contribution in [0.4, 0.5) is 15.2 Å². The first-order valence-electron chi connectivity index (χ1n) is 5.75. The first-order valence-corrected chi connectivity index (χ1v) is 6.56. The number of halogens is 1. The number of anilines is 2. The van der Waals surface area contributed by atoms with Crippen LogP contribution in [0.1, 0.15) is 22.3 Å². The molecule has 0 radical (unpaired) electrons. The molecule has 100 valence electrons. The van der Waals surface area contributed by atoms with Gasteiger partial charge in [0, 0.05) is 6.54 Å².